The lowest BCUT2D eigenvalue weighted by Crippen LogP contribution is -2.21. The first-order valence-electron chi connectivity index (χ1n) is 4.03. The molecular formula is C9H12N2OS. The van der Waals surface area contributed by atoms with Crippen LogP contribution in [0, 0.1) is 6.92 Å². The molecule has 0 spiro atoms. The fraction of sp³-hybridized carbons (Fsp3) is 0.333. The third-order valence-corrected chi connectivity index (χ3v) is 1.77. The maximum absolute atomic E-state index is 11.3. The van der Waals surface area contributed by atoms with Crippen LogP contribution in [0.5, 0.6) is 0 Å². The Kier molecular flexibility index (Phi) is 3.76. The second-order valence-electron chi connectivity index (χ2n) is 2.71. The molecule has 0 amide bonds. The highest BCUT2D eigenvalue weighted by Gasteiger charge is 1.93. The first-order valence-corrected chi connectivity index (χ1v) is 4.67. The van der Waals surface area contributed by atoms with E-state index in [-0.39, 0.29) is 5.56 Å². The molecule has 0 radical (unpaired) electrons. The van der Waals surface area contributed by atoms with E-state index in [1.54, 1.807) is 12.3 Å². The van der Waals surface area contributed by atoms with Crippen LogP contribution in [-0.4, -0.2) is 15.5 Å². The predicted molar refractivity (Wildman–Crippen MR) is 56.2 cm³/mol. The average Bonchev–Trinajstić information content (AvgIpc) is 2.09. The number of aromatic nitrogens is 2. The zero-order valence-electron chi connectivity index (χ0n) is 7.47. The quantitative estimate of drug-likeness (QED) is 0.579. The number of thiol groups is 1. The molecule has 0 aliphatic carbocycles. The minimum Gasteiger partial charge on any atom is -0.268 e. The van der Waals surface area contributed by atoms with Gasteiger partial charge in [-0.25, -0.2) is 4.68 Å². The standard InChI is InChI=1S/C9H12N2OS/c1-8-6-9(12)11(10-7-8)4-2-3-5-13/h2-3,6-7,13H,4-5H2,1H3/b3-2+. The van der Waals surface area contributed by atoms with Crippen LogP contribution in [0.2, 0.25) is 0 Å². The number of aryl methyl sites for hydroxylation is 1. The number of nitrogens with zero attached hydrogens (tertiary/aromatic N) is 2. The fourth-order valence-corrected chi connectivity index (χ4v) is 1.06. The lowest BCUT2D eigenvalue weighted by atomic mass is 10.3. The van der Waals surface area contributed by atoms with Crippen molar-refractivity contribution in [2.24, 2.45) is 0 Å². The zero-order chi connectivity index (χ0) is 9.68. The SMILES string of the molecule is Cc1cnn(C/C=C/CS)c(=O)c1. The Morgan fingerprint density at radius 1 is 1.62 bits per heavy atom. The molecule has 0 unspecified atom stereocenters. The highest BCUT2D eigenvalue weighted by atomic mass is 32.1. The topological polar surface area (TPSA) is 34.9 Å². The van der Waals surface area contributed by atoms with E-state index in [4.69, 9.17) is 0 Å². The van der Waals surface area contributed by atoms with E-state index in [1.165, 1.54) is 4.68 Å². The Morgan fingerprint density at radius 2 is 2.38 bits per heavy atom. The van der Waals surface area contributed by atoms with Crippen molar-refractivity contribution in [2.75, 3.05) is 5.75 Å². The van der Waals surface area contributed by atoms with Gasteiger partial charge < -0.3 is 0 Å². The van der Waals surface area contributed by atoms with Crippen molar-refractivity contribution in [3.05, 3.63) is 40.3 Å². The third-order valence-electron chi connectivity index (χ3n) is 1.56. The van der Waals surface area contributed by atoms with E-state index >= 15 is 0 Å². The molecule has 3 nitrogen and oxygen atoms in total. The molecule has 13 heavy (non-hydrogen) atoms. The normalized spacial score (nSPS) is 10.9. The Labute approximate surface area is 82.5 Å². The third kappa shape index (κ3) is 3.06. The van der Waals surface area contributed by atoms with Crippen molar-refractivity contribution >= 4 is 12.6 Å². The van der Waals surface area contributed by atoms with Crippen LogP contribution in [0.25, 0.3) is 0 Å². The summed E-state index contributed by atoms with van der Waals surface area (Å²) < 4.78 is 1.41. The number of hydrogen-bond donors (Lipinski definition) is 1. The van der Waals surface area contributed by atoms with E-state index in [0.29, 0.717) is 12.3 Å². The van der Waals surface area contributed by atoms with Gasteiger partial charge in [0.05, 0.1) is 12.7 Å². The summed E-state index contributed by atoms with van der Waals surface area (Å²) in [4.78, 5) is 11.3. The minimum absolute atomic E-state index is 0.0659. The highest BCUT2D eigenvalue weighted by Crippen LogP contribution is 1.87. The number of rotatable bonds is 3. The summed E-state index contributed by atoms with van der Waals surface area (Å²) in [6.07, 6.45) is 5.43. The van der Waals surface area contributed by atoms with Gasteiger partial charge in [-0.15, -0.1) is 0 Å². The van der Waals surface area contributed by atoms with E-state index in [9.17, 15) is 4.79 Å². The molecule has 0 bridgehead atoms. The average molecular weight is 196 g/mol. The molecule has 1 rings (SSSR count). The first kappa shape index (κ1) is 10.1. The second kappa shape index (κ2) is 4.87. The molecule has 0 fully saturated rings. The van der Waals surface area contributed by atoms with Gasteiger partial charge in [-0.2, -0.15) is 17.7 Å². The van der Waals surface area contributed by atoms with Crippen molar-refractivity contribution in [2.45, 2.75) is 13.5 Å². The maximum atomic E-state index is 11.3. The molecule has 70 valence electrons. The van der Waals surface area contributed by atoms with Crippen molar-refractivity contribution in [1.29, 1.82) is 0 Å². The van der Waals surface area contributed by atoms with Gasteiger partial charge in [0.2, 0.25) is 0 Å². The van der Waals surface area contributed by atoms with Crippen LogP contribution < -0.4 is 5.56 Å². The second-order valence-corrected chi connectivity index (χ2v) is 3.07. The largest absolute Gasteiger partial charge is 0.268 e. The molecule has 0 aliphatic heterocycles. The van der Waals surface area contributed by atoms with Crippen molar-refractivity contribution in [1.82, 2.24) is 9.78 Å². The summed E-state index contributed by atoms with van der Waals surface area (Å²) in [6.45, 7) is 2.36. The van der Waals surface area contributed by atoms with Crippen LogP contribution in [0.4, 0.5) is 0 Å². The molecular weight excluding hydrogens is 184 g/mol. The van der Waals surface area contributed by atoms with Crippen molar-refractivity contribution in [3.63, 3.8) is 0 Å². The smallest absolute Gasteiger partial charge is 0.267 e. The number of allylic oxidation sites excluding steroid dienone is 1. The molecule has 0 atom stereocenters. The Morgan fingerprint density at radius 3 is 3.00 bits per heavy atom. The van der Waals surface area contributed by atoms with Gasteiger partial charge in [0.15, 0.2) is 0 Å². The molecule has 1 heterocycles. The highest BCUT2D eigenvalue weighted by molar-refractivity contribution is 7.80. The Hall–Kier alpha value is -1.03. The van der Waals surface area contributed by atoms with E-state index < -0.39 is 0 Å². The van der Waals surface area contributed by atoms with Gasteiger partial charge in [0.1, 0.15) is 0 Å². The molecule has 0 saturated carbocycles. The lowest BCUT2D eigenvalue weighted by Gasteiger charge is -1.99. The van der Waals surface area contributed by atoms with E-state index in [0.717, 1.165) is 5.56 Å². The Balaban J connectivity index is 2.78. The van der Waals surface area contributed by atoms with Crippen LogP contribution in [-0.2, 0) is 6.54 Å². The van der Waals surface area contributed by atoms with Crippen LogP contribution in [0.15, 0.2) is 29.2 Å². The van der Waals surface area contributed by atoms with Crippen molar-refractivity contribution in [3.8, 4) is 0 Å². The molecule has 0 aliphatic rings. The molecule has 4 heteroatoms. The summed E-state index contributed by atoms with van der Waals surface area (Å²) in [5, 5.41) is 3.98. The fourth-order valence-electron chi connectivity index (χ4n) is 0.910. The summed E-state index contributed by atoms with van der Waals surface area (Å²) in [5.41, 5.74) is 0.822. The lowest BCUT2D eigenvalue weighted by molar-refractivity contribution is 0.648. The number of hydrogen-bond acceptors (Lipinski definition) is 3. The summed E-state index contributed by atoms with van der Waals surface area (Å²) in [6, 6.07) is 1.57. The monoisotopic (exact) mass is 196 g/mol. The minimum atomic E-state index is -0.0659. The van der Waals surface area contributed by atoms with Gasteiger partial charge in [0.25, 0.3) is 5.56 Å². The Bertz CT molecular complexity index is 357. The summed E-state index contributed by atoms with van der Waals surface area (Å²) in [5.74, 6) is 0.681. The summed E-state index contributed by atoms with van der Waals surface area (Å²) >= 11 is 4.01. The van der Waals surface area contributed by atoms with Crippen LogP contribution in [0.1, 0.15) is 5.56 Å². The van der Waals surface area contributed by atoms with Gasteiger partial charge in [-0.05, 0) is 12.5 Å². The summed E-state index contributed by atoms with van der Waals surface area (Å²) in [7, 11) is 0. The van der Waals surface area contributed by atoms with E-state index in [1.807, 2.05) is 19.1 Å². The molecule has 0 N–H and O–H groups in total. The van der Waals surface area contributed by atoms with Gasteiger partial charge >= 0.3 is 0 Å². The van der Waals surface area contributed by atoms with Crippen molar-refractivity contribution < 1.29 is 0 Å². The van der Waals surface area contributed by atoms with Crippen LogP contribution in [0.3, 0.4) is 0 Å². The predicted octanol–water partition coefficient (Wildman–Crippen LogP) is 1.04. The molecule has 1 aromatic rings. The maximum Gasteiger partial charge on any atom is 0.267 e. The van der Waals surface area contributed by atoms with E-state index in [2.05, 4.69) is 17.7 Å². The molecule has 1 aromatic heterocycles. The van der Waals surface area contributed by atoms with Gasteiger partial charge in [-0.1, -0.05) is 12.2 Å². The zero-order valence-corrected chi connectivity index (χ0v) is 8.37. The molecule has 0 saturated heterocycles. The molecule has 0 aromatic carbocycles. The van der Waals surface area contributed by atoms with Gasteiger partial charge in [0, 0.05) is 11.8 Å². The van der Waals surface area contributed by atoms with Gasteiger partial charge in [-0.3, -0.25) is 4.79 Å². The van der Waals surface area contributed by atoms with Crippen LogP contribution >= 0.6 is 12.6 Å². The first-order chi connectivity index (χ1) is 6.24.